The van der Waals surface area contributed by atoms with Gasteiger partial charge in [0, 0.05) is 13.6 Å². The molecule has 0 radical (unpaired) electrons. The van der Waals surface area contributed by atoms with Crippen LogP contribution in [-0.4, -0.2) is 26.0 Å². The minimum atomic E-state index is 0.0812. The molecule has 0 aromatic heterocycles. The highest BCUT2D eigenvalue weighted by Crippen LogP contribution is 2.42. The summed E-state index contributed by atoms with van der Waals surface area (Å²) in [6.45, 7) is 6.03. The molecule has 1 rings (SSSR count). The van der Waals surface area contributed by atoms with Crippen LogP contribution in [-0.2, 0) is 4.79 Å². The molecule has 0 saturated heterocycles. The van der Waals surface area contributed by atoms with Gasteiger partial charge in [-0.05, 0) is 30.6 Å². The Balaban J connectivity index is 2.36. The van der Waals surface area contributed by atoms with E-state index in [0.29, 0.717) is 12.0 Å². The van der Waals surface area contributed by atoms with Crippen molar-refractivity contribution in [2.75, 3.05) is 20.1 Å². The summed E-state index contributed by atoms with van der Waals surface area (Å²) in [6.07, 6.45) is 6.65. The number of rotatable bonds is 6. The first kappa shape index (κ1) is 13.5. The monoisotopic (exact) mass is 226 g/mol. The first-order valence-electron chi connectivity index (χ1n) is 6.49. The van der Waals surface area contributed by atoms with Crippen molar-refractivity contribution in [3.63, 3.8) is 0 Å². The molecule has 1 aliphatic carbocycles. The summed E-state index contributed by atoms with van der Waals surface area (Å²) in [7, 11) is 1.68. The molecule has 0 bridgehead atoms. The fourth-order valence-electron chi connectivity index (χ4n) is 2.97. The topological polar surface area (TPSA) is 41.1 Å². The molecular weight excluding hydrogens is 200 g/mol. The second kappa shape index (κ2) is 6.24. The zero-order chi connectivity index (χ0) is 12.0. The third kappa shape index (κ3) is 4.12. The predicted octanol–water partition coefficient (Wildman–Crippen LogP) is 1.93. The van der Waals surface area contributed by atoms with Gasteiger partial charge in [0.2, 0.25) is 5.91 Å². The fraction of sp³-hybridized carbons (Fsp3) is 0.923. The van der Waals surface area contributed by atoms with Crippen LogP contribution in [0.1, 0.15) is 46.0 Å². The highest BCUT2D eigenvalue weighted by Gasteiger charge is 2.33. The largest absolute Gasteiger partial charge is 0.358 e. The molecule has 94 valence electrons. The highest BCUT2D eigenvalue weighted by molar-refractivity contribution is 5.77. The van der Waals surface area contributed by atoms with Crippen LogP contribution in [0.15, 0.2) is 0 Å². The maximum Gasteiger partial charge on any atom is 0.233 e. The smallest absolute Gasteiger partial charge is 0.233 e. The molecule has 2 N–H and O–H groups in total. The van der Waals surface area contributed by atoms with E-state index >= 15 is 0 Å². The Morgan fingerprint density at radius 3 is 2.44 bits per heavy atom. The Bertz CT molecular complexity index is 220. The van der Waals surface area contributed by atoms with Crippen LogP contribution in [0.3, 0.4) is 0 Å². The van der Waals surface area contributed by atoms with E-state index in [1.165, 1.54) is 32.1 Å². The lowest BCUT2D eigenvalue weighted by Crippen LogP contribution is -2.38. The first-order valence-corrected chi connectivity index (χ1v) is 6.49. The molecule has 1 fully saturated rings. The molecule has 0 spiro atoms. The van der Waals surface area contributed by atoms with Gasteiger partial charge in [-0.3, -0.25) is 4.79 Å². The summed E-state index contributed by atoms with van der Waals surface area (Å²) in [4.78, 5) is 11.1. The SMILES string of the molecule is CNC(=O)CNCC1(CC(C)C)CCCC1. The maximum atomic E-state index is 11.1. The van der Waals surface area contributed by atoms with Crippen LogP contribution in [0, 0.1) is 11.3 Å². The Morgan fingerprint density at radius 1 is 1.31 bits per heavy atom. The minimum absolute atomic E-state index is 0.0812. The van der Waals surface area contributed by atoms with E-state index in [4.69, 9.17) is 0 Å². The van der Waals surface area contributed by atoms with E-state index in [9.17, 15) is 4.79 Å². The normalized spacial score (nSPS) is 19.0. The van der Waals surface area contributed by atoms with E-state index in [2.05, 4.69) is 24.5 Å². The summed E-state index contributed by atoms with van der Waals surface area (Å²) in [5.74, 6) is 0.831. The average molecular weight is 226 g/mol. The number of hydrogen-bond donors (Lipinski definition) is 2. The second-order valence-corrected chi connectivity index (χ2v) is 5.58. The van der Waals surface area contributed by atoms with E-state index in [-0.39, 0.29) is 5.91 Å². The number of hydrogen-bond acceptors (Lipinski definition) is 2. The standard InChI is InChI=1S/C13H26N2O/c1-11(2)8-13(6-4-5-7-13)10-15-9-12(16)14-3/h11,15H,4-10H2,1-3H3,(H,14,16). The second-order valence-electron chi connectivity index (χ2n) is 5.58. The number of carbonyl (C=O) groups is 1. The molecule has 0 atom stereocenters. The van der Waals surface area contributed by atoms with Crippen molar-refractivity contribution in [1.29, 1.82) is 0 Å². The highest BCUT2D eigenvalue weighted by atomic mass is 16.1. The zero-order valence-corrected chi connectivity index (χ0v) is 10.9. The molecule has 0 unspecified atom stereocenters. The number of carbonyl (C=O) groups excluding carboxylic acids is 1. The van der Waals surface area contributed by atoms with Crippen molar-refractivity contribution in [3.8, 4) is 0 Å². The van der Waals surface area contributed by atoms with Gasteiger partial charge in [-0.2, -0.15) is 0 Å². The molecule has 0 aromatic carbocycles. The van der Waals surface area contributed by atoms with E-state index < -0.39 is 0 Å². The lowest BCUT2D eigenvalue weighted by atomic mass is 9.78. The summed E-state index contributed by atoms with van der Waals surface area (Å²) in [6, 6.07) is 0. The van der Waals surface area contributed by atoms with Crippen LogP contribution in [0.25, 0.3) is 0 Å². The molecule has 0 aromatic rings. The molecule has 0 aliphatic heterocycles. The van der Waals surface area contributed by atoms with Gasteiger partial charge in [-0.25, -0.2) is 0 Å². The van der Waals surface area contributed by atoms with Gasteiger partial charge < -0.3 is 10.6 Å². The molecule has 3 heteroatoms. The molecule has 0 heterocycles. The van der Waals surface area contributed by atoms with Crippen molar-refractivity contribution < 1.29 is 4.79 Å². The van der Waals surface area contributed by atoms with Crippen molar-refractivity contribution >= 4 is 5.91 Å². The van der Waals surface area contributed by atoms with E-state index in [0.717, 1.165) is 12.5 Å². The third-order valence-corrected chi connectivity index (χ3v) is 3.57. The van der Waals surface area contributed by atoms with Crippen molar-refractivity contribution in [2.45, 2.75) is 46.0 Å². The van der Waals surface area contributed by atoms with Gasteiger partial charge in [0.05, 0.1) is 6.54 Å². The third-order valence-electron chi connectivity index (χ3n) is 3.57. The van der Waals surface area contributed by atoms with Crippen molar-refractivity contribution in [2.24, 2.45) is 11.3 Å². The fourth-order valence-corrected chi connectivity index (χ4v) is 2.97. The summed E-state index contributed by atoms with van der Waals surface area (Å²) >= 11 is 0. The van der Waals surface area contributed by atoms with Crippen LogP contribution >= 0.6 is 0 Å². The zero-order valence-electron chi connectivity index (χ0n) is 10.9. The van der Waals surface area contributed by atoms with Gasteiger partial charge in [-0.15, -0.1) is 0 Å². The lowest BCUT2D eigenvalue weighted by Gasteiger charge is -2.31. The van der Waals surface area contributed by atoms with Gasteiger partial charge in [-0.1, -0.05) is 26.7 Å². The van der Waals surface area contributed by atoms with Gasteiger partial charge >= 0.3 is 0 Å². The number of nitrogens with one attached hydrogen (secondary N) is 2. The Labute approximate surface area is 99.4 Å². The summed E-state index contributed by atoms with van der Waals surface area (Å²) in [5.41, 5.74) is 0.461. The Kier molecular flexibility index (Phi) is 5.26. The Hall–Kier alpha value is -0.570. The molecule has 1 amide bonds. The lowest BCUT2D eigenvalue weighted by molar-refractivity contribution is -0.119. The molecule has 16 heavy (non-hydrogen) atoms. The molecular formula is C13H26N2O. The predicted molar refractivity (Wildman–Crippen MR) is 67.3 cm³/mol. The minimum Gasteiger partial charge on any atom is -0.358 e. The van der Waals surface area contributed by atoms with Gasteiger partial charge in [0.1, 0.15) is 0 Å². The summed E-state index contributed by atoms with van der Waals surface area (Å²) < 4.78 is 0. The Morgan fingerprint density at radius 2 is 1.94 bits per heavy atom. The quantitative estimate of drug-likeness (QED) is 0.726. The molecule has 1 saturated carbocycles. The van der Waals surface area contributed by atoms with Crippen molar-refractivity contribution in [1.82, 2.24) is 10.6 Å². The molecule has 3 nitrogen and oxygen atoms in total. The van der Waals surface area contributed by atoms with Gasteiger partial charge in [0.15, 0.2) is 0 Å². The average Bonchev–Trinajstić information content (AvgIpc) is 2.65. The number of amides is 1. The number of likely N-dealkylation sites (N-methyl/N-ethyl adjacent to an activating group) is 1. The van der Waals surface area contributed by atoms with Crippen LogP contribution in [0.2, 0.25) is 0 Å². The van der Waals surface area contributed by atoms with E-state index in [1.807, 2.05) is 0 Å². The van der Waals surface area contributed by atoms with Crippen LogP contribution < -0.4 is 10.6 Å². The first-order chi connectivity index (χ1) is 7.58. The van der Waals surface area contributed by atoms with Gasteiger partial charge in [0.25, 0.3) is 0 Å². The maximum absolute atomic E-state index is 11.1. The molecule has 1 aliphatic rings. The van der Waals surface area contributed by atoms with E-state index in [1.54, 1.807) is 7.05 Å². The van der Waals surface area contributed by atoms with Crippen LogP contribution in [0.4, 0.5) is 0 Å². The summed E-state index contributed by atoms with van der Waals surface area (Å²) in [5, 5.41) is 5.95. The van der Waals surface area contributed by atoms with Crippen molar-refractivity contribution in [3.05, 3.63) is 0 Å². The van der Waals surface area contributed by atoms with Crippen LogP contribution in [0.5, 0.6) is 0 Å².